The molecule has 12 heteroatoms. The van der Waals surface area contributed by atoms with Gasteiger partial charge in [-0.3, -0.25) is 9.13 Å². The normalized spacial score (nSPS) is 11.6. The molecule has 6 heterocycles. The number of rotatable bonds is 15. The summed E-state index contributed by atoms with van der Waals surface area (Å²) in [4.78, 5) is 42.2. The Morgan fingerprint density at radius 3 is 1.08 bits per heavy atom. The Bertz CT molecular complexity index is 7430. The first-order valence-corrected chi connectivity index (χ1v) is 38.7. The van der Waals surface area contributed by atoms with Crippen molar-refractivity contribution in [3.63, 3.8) is 0 Å². The largest absolute Gasteiger partial charge is 0.455 e. The molecule has 6 aromatic heterocycles. The van der Waals surface area contributed by atoms with Crippen LogP contribution in [0.4, 0.5) is 0 Å². The van der Waals surface area contributed by atoms with Gasteiger partial charge < -0.3 is 8.83 Å². The average molecular weight is 1490 g/mol. The molecule has 0 N–H and O–H groups in total. The van der Waals surface area contributed by atoms with Crippen LogP contribution in [-0.2, 0) is 0 Å². The highest BCUT2D eigenvalue weighted by atomic mass is 16.3. The van der Waals surface area contributed by atoms with Crippen LogP contribution in [0.3, 0.4) is 0 Å². The lowest BCUT2D eigenvalue weighted by Crippen LogP contribution is -2.00. The number of para-hydroxylation sites is 4. The van der Waals surface area contributed by atoms with E-state index in [-0.39, 0.29) is 0 Å². The van der Waals surface area contributed by atoms with Gasteiger partial charge in [0.2, 0.25) is 0 Å². The maximum Gasteiger partial charge on any atom is 0.167 e. The highest BCUT2D eigenvalue weighted by Crippen LogP contribution is 2.48. The fourth-order valence-electron chi connectivity index (χ4n) is 16.3. The minimum atomic E-state index is 0.495. The number of nitrogens with zero attached hydrogens (tertiary/aromatic N) is 10. The molecule has 0 spiro atoms. The van der Waals surface area contributed by atoms with E-state index in [4.69, 9.17) is 48.7 Å². The first kappa shape index (κ1) is 67.0. The van der Waals surface area contributed by atoms with E-state index in [0.717, 1.165) is 167 Å². The van der Waals surface area contributed by atoms with Crippen LogP contribution in [0, 0.1) is 0 Å². The summed E-state index contributed by atoms with van der Waals surface area (Å²) in [6.45, 7) is 0. The number of hydrogen-bond donors (Lipinski definition) is 0. The molecule has 542 valence electrons. The Kier molecular flexibility index (Phi) is 16.2. The highest BCUT2D eigenvalue weighted by molar-refractivity contribution is 6.19. The van der Waals surface area contributed by atoms with E-state index in [0.29, 0.717) is 57.3 Å². The summed E-state index contributed by atoms with van der Waals surface area (Å²) in [5.74, 6) is 4.71. The molecule has 12 nitrogen and oxygen atoms in total. The van der Waals surface area contributed by atoms with Crippen LogP contribution in [0.5, 0.6) is 0 Å². The van der Waals surface area contributed by atoms with E-state index in [1.54, 1.807) is 0 Å². The quantitative estimate of drug-likeness (QED) is 0.0974. The molecular formula is C104H64N10O2. The maximum absolute atomic E-state index is 7.44. The molecule has 22 rings (SSSR count). The molecule has 0 saturated carbocycles. The maximum atomic E-state index is 7.44. The molecular weight excluding hydrogens is 1420 g/mol. The molecule has 0 radical (unpaired) electrons. The van der Waals surface area contributed by atoms with Crippen LogP contribution in [0.1, 0.15) is 0 Å². The van der Waals surface area contributed by atoms with Gasteiger partial charge in [0.25, 0.3) is 0 Å². The zero-order valence-corrected chi connectivity index (χ0v) is 62.2. The van der Waals surface area contributed by atoms with Gasteiger partial charge in [-0.25, -0.2) is 39.9 Å². The van der Waals surface area contributed by atoms with Crippen molar-refractivity contribution < 1.29 is 8.83 Å². The molecule has 116 heavy (non-hydrogen) atoms. The van der Waals surface area contributed by atoms with Gasteiger partial charge in [0.1, 0.15) is 34.0 Å². The Balaban J connectivity index is 0.684. The van der Waals surface area contributed by atoms with E-state index < -0.39 is 0 Å². The number of aromatic nitrogens is 10. The van der Waals surface area contributed by atoms with Gasteiger partial charge in [-0.2, -0.15) is 0 Å². The van der Waals surface area contributed by atoms with Crippen molar-refractivity contribution in [1.29, 1.82) is 0 Å². The van der Waals surface area contributed by atoms with Crippen LogP contribution < -0.4 is 0 Å². The molecule has 0 aliphatic heterocycles. The third-order valence-corrected chi connectivity index (χ3v) is 21.9. The van der Waals surface area contributed by atoms with Gasteiger partial charge in [-0.1, -0.05) is 297 Å². The van der Waals surface area contributed by atoms with E-state index in [1.165, 1.54) is 0 Å². The third kappa shape index (κ3) is 11.9. The summed E-state index contributed by atoms with van der Waals surface area (Å²) >= 11 is 0. The van der Waals surface area contributed by atoms with Crippen molar-refractivity contribution in [3.05, 3.63) is 388 Å². The van der Waals surface area contributed by atoms with Crippen molar-refractivity contribution in [3.8, 4) is 158 Å². The zero-order valence-electron chi connectivity index (χ0n) is 62.2. The van der Waals surface area contributed by atoms with Crippen molar-refractivity contribution >= 4 is 65.9 Å². The minimum absolute atomic E-state index is 0.495. The second kappa shape index (κ2) is 28.1. The summed E-state index contributed by atoms with van der Waals surface area (Å²) < 4.78 is 19.4. The van der Waals surface area contributed by atoms with Gasteiger partial charge in [0.15, 0.2) is 34.9 Å². The first-order chi connectivity index (χ1) is 57.5. The van der Waals surface area contributed by atoms with Crippen LogP contribution >= 0.6 is 0 Å². The Morgan fingerprint density at radius 2 is 0.552 bits per heavy atom. The second-order valence-corrected chi connectivity index (χ2v) is 28.9. The summed E-state index contributed by atoms with van der Waals surface area (Å²) in [6, 6.07) is 134. The van der Waals surface area contributed by atoms with Crippen molar-refractivity contribution in [2.24, 2.45) is 0 Å². The molecule has 0 bridgehead atoms. The molecule has 0 atom stereocenters. The fraction of sp³-hybridized carbons (Fsp3) is 0. The monoisotopic (exact) mass is 1480 g/mol. The predicted octanol–water partition coefficient (Wildman–Crippen LogP) is 26.2. The number of furan rings is 2. The highest BCUT2D eigenvalue weighted by Gasteiger charge is 2.28. The summed E-state index contributed by atoms with van der Waals surface area (Å²) in [5, 5.41) is 3.71. The van der Waals surface area contributed by atoms with Crippen molar-refractivity contribution in [2.75, 3.05) is 0 Å². The standard InChI is InChI=1S/C104H64N10O2/c1-9-29-65(30-10-1)76-53-57-88-91(64-76)114(79-47-23-8-24-48-79)104(105-88)87-62-77(61-86-81-49-27-51-83(93(81)115-95(86)87)101-109-97(67-33-13-3-14-34-67)107-98(110-101)68-35-15-4-16-36-68)74-44-26-42-72(60-74)71-41-25-43-73(59-71)75-54-58-90-89(63-75)106-103(113(90)78-45-21-7-22-46-78)85-56-55-80(66-31-11-2-12-32-66)92-82-50-28-52-84(94(82)116-96(85)92)102-111-99(69-37-17-5-18-38-69)108-100(112-102)70-39-19-6-20-40-70/h1-64H. The van der Waals surface area contributed by atoms with Gasteiger partial charge >= 0.3 is 0 Å². The average Bonchev–Trinajstić information content (AvgIpc) is 1.57. The molecule has 0 fully saturated rings. The number of benzene rings is 16. The molecule has 0 saturated heterocycles. The molecule has 0 unspecified atom stereocenters. The predicted molar refractivity (Wildman–Crippen MR) is 468 cm³/mol. The lowest BCUT2D eigenvalue weighted by atomic mass is 9.94. The number of hydrogen-bond acceptors (Lipinski definition) is 10. The van der Waals surface area contributed by atoms with Crippen molar-refractivity contribution in [1.82, 2.24) is 49.0 Å². The Hall–Kier alpha value is -15.9. The van der Waals surface area contributed by atoms with Crippen LogP contribution in [-0.4, -0.2) is 49.0 Å². The van der Waals surface area contributed by atoms with Gasteiger partial charge in [-0.05, 0) is 147 Å². The van der Waals surface area contributed by atoms with Crippen LogP contribution in [0.25, 0.3) is 224 Å². The minimum Gasteiger partial charge on any atom is -0.455 e. The van der Waals surface area contributed by atoms with Gasteiger partial charge in [0.05, 0.1) is 44.3 Å². The summed E-state index contributed by atoms with van der Waals surface area (Å²) in [7, 11) is 0. The van der Waals surface area contributed by atoms with E-state index in [9.17, 15) is 0 Å². The van der Waals surface area contributed by atoms with Crippen molar-refractivity contribution in [2.45, 2.75) is 0 Å². The second-order valence-electron chi connectivity index (χ2n) is 28.9. The van der Waals surface area contributed by atoms with Crippen LogP contribution in [0.2, 0.25) is 0 Å². The molecule has 16 aromatic carbocycles. The number of fused-ring (bicyclic) bond motifs is 8. The van der Waals surface area contributed by atoms with E-state index in [2.05, 4.69) is 252 Å². The molecule has 0 aliphatic carbocycles. The molecule has 0 aliphatic rings. The molecule has 22 aromatic rings. The summed E-state index contributed by atoms with van der Waals surface area (Å²) in [6.07, 6.45) is 0. The smallest absolute Gasteiger partial charge is 0.167 e. The lowest BCUT2D eigenvalue weighted by molar-refractivity contribution is 0.669. The third-order valence-electron chi connectivity index (χ3n) is 21.9. The number of imidazole rings is 2. The fourth-order valence-corrected chi connectivity index (χ4v) is 16.3. The van der Waals surface area contributed by atoms with Gasteiger partial charge in [-0.15, -0.1) is 0 Å². The van der Waals surface area contributed by atoms with Crippen LogP contribution in [0.15, 0.2) is 397 Å². The first-order valence-electron chi connectivity index (χ1n) is 38.7. The molecule has 0 amide bonds. The zero-order chi connectivity index (χ0) is 76.6. The SMILES string of the molecule is c1ccc(-c2ccc3nc(-c4cc(-c5cccc(-c6cccc(-c7ccc8c(c7)nc(-c7ccc(-c9ccccc9)c9c7oc7c(-c%10nc(-c%11ccccc%11)nc(-c%11ccccc%11)n%10)cccc79)n8-c7ccccc7)c6)c5)cc5c4oc4c(-c6nc(-c7ccccc7)nc(-c7ccccc7)n6)cccc45)n(-c4ccccc4)c3c2)cc1. The van der Waals surface area contributed by atoms with E-state index >= 15 is 0 Å². The Labute approximate surface area is 666 Å². The summed E-state index contributed by atoms with van der Waals surface area (Å²) in [5.41, 5.74) is 25.3. The van der Waals surface area contributed by atoms with E-state index in [1.807, 2.05) is 146 Å². The lowest BCUT2D eigenvalue weighted by Gasteiger charge is -2.13. The van der Waals surface area contributed by atoms with Gasteiger partial charge in [0, 0.05) is 55.2 Å². The topological polar surface area (TPSA) is 139 Å². The Morgan fingerprint density at radius 1 is 0.181 bits per heavy atom.